The summed E-state index contributed by atoms with van der Waals surface area (Å²) in [6, 6.07) is 6.31. The van der Waals surface area contributed by atoms with E-state index >= 15 is 0 Å². The van der Waals surface area contributed by atoms with Crippen molar-refractivity contribution in [3.63, 3.8) is 0 Å². The van der Waals surface area contributed by atoms with Crippen LogP contribution in [-0.2, 0) is 4.79 Å². The van der Waals surface area contributed by atoms with Gasteiger partial charge in [-0.2, -0.15) is 0 Å². The third-order valence-corrected chi connectivity index (χ3v) is 3.38. The van der Waals surface area contributed by atoms with E-state index in [2.05, 4.69) is 37.4 Å². The quantitative estimate of drug-likeness (QED) is 0.875. The van der Waals surface area contributed by atoms with Crippen LogP contribution in [0.3, 0.4) is 0 Å². The lowest BCUT2D eigenvalue weighted by Crippen LogP contribution is -2.52. The molecular weight excluding hydrogens is 272 g/mol. The highest BCUT2D eigenvalue weighted by Crippen LogP contribution is 2.18. The number of nitrogens with one attached hydrogen (secondary N) is 1. The number of benzene rings is 1. The second-order valence-electron chi connectivity index (χ2n) is 5.78. The summed E-state index contributed by atoms with van der Waals surface area (Å²) in [5, 5.41) is 3.01. The van der Waals surface area contributed by atoms with Gasteiger partial charge in [0.25, 0.3) is 0 Å². The zero-order valence-electron chi connectivity index (χ0n) is 13.1. The predicted molar refractivity (Wildman–Crippen MR) is 87.2 cm³/mol. The highest BCUT2D eigenvalue weighted by Gasteiger charge is 2.28. The first kappa shape index (κ1) is 18.9. The number of hydrogen-bond acceptors (Lipinski definition) is 2. The van der Waals surface area contributed by atoms with Gasteiger partial charge in [-0.25, -0.2) is 0 Å². The Bertz CT molecular complexity index is 438. The Morgan fingerprint density at radius 2 is 1.80 bits per heavy atom. The lowest BCUT2D eigenvalue weighted by Gasteiger charge is -2.26. The van der Waals surface area contributed by atoms with Gasteiger partial charge >= 0.3 is 0 Å². The summed E-state index contributed by atoms with van der Waals surface area (Å²) in [5.74, 6) is -0.0824. The summed E-state index contributed by atoms with van der Waals surface area (Å²) in [4.78, 5) is 12.2. The van der Waals surface area contributed by atoms with E-state index in [1.165, 1.54) is 11.1 Å². The standard InChI is InChI=1S/C16H26N2O.ClH/c1-6-7-16(5,17)15(19)18-13(4)14-9-11(2)8-12(3)10-14;/h8-10,13H,6-7,17H2,1-5H3,(H,18,19);1H. The second-order valence-corrected chi connectivity index (χ2v) is 5.78. The van der Waals surface area contributed by atoms with Gasteiger partial charge < -0.3 is 11.1 Å². The van der Waals surface area contributed by atoms with Crippen LogP contribution in [0.2, 0.25) is 0 Å². The molecular formula is C16H27ClN2O. The van der Waals surface area contributed by atoms with Gasteiger partial charge in [0.1, 0.15) is 0 Å². The molecule has 0 bridgehead atoms. The topological polar surface area (TPSA) is 55.1 Å². The van der Waals surface area contributed by atoms with Crippen LogP contribution in [0, 0.1) is 13.8 Å². The van der Waals surface area contributed by atoms with E-state index < -0.39 is 5.54 Å². The fraction of sp³-hybridized carbons (Fsp3) is 0.562. The minimum Gasteiger partial charge on any atom is -0.348 e. The van der Waals surface area contributed by atoms with Gasteiger partial charge in [-0.05, 0) is 39.7 Å². The lowest BCUT2D eigenvalue weighted by molar-refractivity contribution is -0.126. The smallest absolute Gasteiger partial charge is 0.240 e. The van der Waals surface area contributed by atoms with Crippen molar-refractivity contribution in [3.05, 3.63) is 34.9 Å². The fourth-order valence-electron chi connectivity index (χ4n) is 2.34. The molecule has 0 aliphatic carbocycles. The van der Waals surface area contributed by atoms with E-state index in [4.69, 9.17) is 5.73 Å². The first-order valence-electron chi connectivity index (χ1n) is 6.94. The molecule has 3 N–H and O–H groups in total. The van der Waals surface area contributed by atoms with Crippen molar-refractivity contribution in [1.29, 1.82) is 0 Å². The van der Waals surface area contributed by atoms with Crippen molar-refractivity contribution in [3.8, 4) is 0 Å². The number of amides is 1. The number of carbonyl (C=O) groups is 1. The van der Waals surface area contributed by atoms with Gasteiger partial charge in [0.05, 0.1) is 11.6 Å². The molecule has 1 aromatic rings. The lowest BCUT2D eigenvalue weighted by atomic mass is 9.95. The van der Waals surface area contributed by atoms with E-state index in [-0.39, 0.29) is 24.4 Å². The first-order valence-corrected chi connectivity index (χ1v) is 6.94. The Balaban J connectivity index is 0.00000361. The molecule has 0 fully saturated rings. The molecule has 0 saturated heterocycles. The number of nitrogens with two attached hydrogens (primary N) is 1. The average Bonchev–Trinajstić information content (AvgIpc) is 2.27. The number of rotatable bonds is 5. The average molecular weight is 299 g/mol. The fourth-order valence-corrected chi connectivity index (χ4v) is 2.34. The van der Waals surface area contributed by atoms with Crippen LogP contribution in [-0.4, -0.2) is 11.4 Å². The van der Waals surface area contributed by atoms with Gasteiger partial charge in [0.2, 0.25) is 5.91 Å². The maximum atomic E-state index is 12.2. The van der Waals surface area contributed by atoms with E-state index in [0.29, 0.717) is 6.42 Å². The molecule has 0 heterocycles. The van der Waals surface area contributed by atoms with Crippen molar-refractivity contribution in [2.75, 3.05) is 0 Å². The van der Waals surface area contributed by atoms with E-state index in [1.807, 2.05) is 13.8 Å². The van der Waals surface area contributed by atoms with Gasteiger partial charge in [-0.1, -0.05) is 42.7 Å². The number of carbonyl (C=O) groups excluding carboxylic acids is 1. The predicted octanol–water partition coefficient (Wildman–Crippen LogP) is 3.42. The maximum Gasteiger partial charge on any atom is 0.240 e. The molecule has 20 heavy (non-hydrogen) atoms. The molecule has 0 aliphatic rings. The molecule has 114 valence electrons. The second kappa shape index (κ2) is 7.65. The van der Waals surface area contributed by atoms with E-state index in [1.54, 1.807) is 6.92 Å². The highest BCUT2D eigenvalue weighted by atomic mass is 35.5. The maximum absolute atomic E-state index is 12.2. The molecule has 1 aromatic carbocycles. The number of halogens is 1. The van der Waals surface area contributed by atoms with Crippen LogP contribution >= 0.6 is 12.4 Å². The SMILES string of the molecule is CCCC(C)(N)C(=O)NC(C)c1cc(C)cc(C)c1.Cl. The minimum absolute atomic E-state index is 0. The Morgan fingerprint density at radius 1 is 1.30 bits per heavy atom. The van der Waals surface area contributed by atoms with Gasteiger partial charge in [-0.3, -0.25) is 4.79 Å². The Labute approximate surface area is 128 Å². The van der Waals surface area contributed by atoms with E-state index in [0.717, 1.165) is 12.0 Å². The van der Waals surface area contributed by atoms with Crippen molar-refractivity contribution in [2.24, 2.45) is 5.73 Å². The molecule has 4 heteroatoms. The Morgan fingerprint density at radius 3 is 2.25 bits per heavy atom. The summed E-state index contributed by atoms with van der Waals surface area (Å²) < 4.78 is 0. The van der Waals surface area contributed by atoms with Crippen LogP contribution in [0.5, 0.6) is 0 Å². The van der Waals surface area contributed by atoms with Crippen LogP contribution in [0.1, 0.15) is 56.3 Å². The van der Waals surface area contributed by atoms with Crippen LogP contribution in [0.25, 0.3) is 0 Å². The molecule has 0 radical (unpaired) electrons. The largest absolute Gasteiger partial charge is 0.348 e. The highest BCUT2D eigenvalue weighted by molar-refractivity contribution is 5.86. The molecule has 1 amide bonds. The zero-order chi connectivity index (χ0) is 14.6. The van der Waals surface area contributed by atoms with Gasteiger partial charge in [0, 0.05) is 0 Å². The van der Waals surface area contributed by atoms with Crippen molar-refractivity contribution >= 4 is 18.3 Å². The van der Waals surface area contributed by atoms with Crippen LogP contribution < -0.4 is 11.1 Å². The summed E-state index contributed by atoms with van der Waals surface area (Å²) in [7, 11) is 0. The zero-order valence-corrected chi connectivity index (χ0v) is 13.9. The Kier molecular flexibility index (Phi) is 7.25. The third kappa shape index (κ3) is 5.14. The van der Waals surface area contributed by atoms with Crippen molar-refractivity contribution < 1.29 is 4.79 Å². The van der Waals surface area contributed by atoms with Gasteiger partial charge in [0.15, 0.2) is 0 Å². The minimum atomic E-state index is -0.790. The molecule has 0 aliphatic heterocycles. The molecule has 3 nitrogen and oxygen atoms in total. The van der Waals surface area contributed by atoms with E-state index in [9.17, 15) is 4.79 Å². The van der Waals surface area contributed by atoms with Crippen molar-refractivity contribution in [1.82, 2.24) is 5.32 Å². The normalized spacial score (nSPS) is 14.9. The van der Waals surface area contributed by atoms with Crippen LogP contribution in [0.15, 0.2) is 18.2 Å². The summed E-state index contributed by atoms with van der Waals surface area (Å²) >= 11 is 0. The molecule has 0 saturated carbocycles. The summed E-state index contributed by atoms with van der Waals surface area (Å²) in [6.45, 7) is 9.95. The molecule has 1 rings (SSSR count). The number of aryl methyl sites for hydroxylation is 2. The summed E-state index contributed by atoms with van der Waals surface area (Å²) in [6.07, 6.45) is 1.59. The molecule has 2 unspecified atom stereocenters. The van der Waals surface area contributed by atoms with Crippen molar-refractivity contribution in [2.45, 2.75) is 59.0 Å². The monoisotopic (exact) mass is 298 g/mol. The Hall–Kier alpha value is -1.06. The molecule has 0 spiro atoms. The summed E-state index contributed by atoms with van der Waals surface area (Å²) in [5.41, 5.74) is 8.80. The van der Waals surface area contributed by atoms with Gasteiger partial charge in [-0.15, -0.1) is 12.4 Å². The number of hydrogen-bond donors (Lipinski definition) is 2. The molecule has 0 aromatic heterocycles. The van der Waals surface area contributed by atoms with Crippen LogP contribution in [0.4, 0.5) is 0 Å². The first-order chi connectivity index (χ1) is 8.76. The molecule has 2 atom stereocenters. The third-order valence-electron chi connectivity index (χ3n) is 3.38.